The first-order chi connectivity index (χ1) is 11.2. The van der Waals surface area contributed by atoms with Crippen molar-refractivity contribution in [1.29, 1.82) is 0 Å². The summed E-state index contributed by atoms with van der Waals surface area (Å²) in [4.78, 5) is 28.9. The second-order valence-corrected chi connectivity index (χ2v) is 5.70. The minimum Gasteiger partial charge on any atom is -0.496 e. The van der Waals surface area contributed by atoms with E-state index in [2.05, 4.69) is 17.1 Å². The van der Waals surface area contributed by atoms with E-state index < -0.39 is 0 Å². The van der Waals surface area contributed by atoms with Crippen LogP contribution in [-0.2, 0) is 0 Å². The first-order valence-corrected chi connectivity index (χ1v) is 7.83. The number of hydrogen-bond acceptors (Lipinski definition) is 3. The number of H-pyrrole nitrogens is 1. The predicted octanol–water partition coefficient (Wildman–Crippen LogP) is 2.75. The fraction of sp³-hybridized carbons (Fsp3) is 0.333. The molecule has 1 saturated heterocycles. The minimum absolute atomic E-state index is 0.0640. The number of piperidine rings is 1. The maximum atomic E-state index is 13.0. The van der Waals surface area contributed by atoms with E-state index in [0.717, 1.165) is 24.8 Å². The van der Waals surface area contributed by atoms with Crippen molar-refractivity contribution in [3.8, 4) is 5.75 Å². The molecule has 1 aromatic carbocycles. The Kier molecular flexibility index (Phi) is 4.46. The van der Waals surface area contributed by atoms with Crippen molar-refractivity contribution in [1.82, 2.24) is 9.88 Å². The zero-order chi connectivity index (χ0) is 16.2. The van der Waals surface area contributed by atoms with E-state index in [-0.39, 0.29) is 17.5 Å². The molecule has 1 aliphatic heterocycles. The number of nitrogens with zero attached hydrogens (tertiary/aromatic N) is 1. The summed E-state index contributed by atoms with van der Waals surface area (Å²) < 4.78 is 5.21. The largest absolute Gasteiger partial charge is 0.496 e. The van der Waals surface area contributed by atoms with Crippen LogP contribution in [0.3, 0.4) is 0 Å². The number of amides is 1. The number of pyridine rings is 1. The van der Waals surface area contributed by atoms with Crippen molar-refractivity contribution in [2.45, 2.75) is 25.3 Å². The third kappa shape index (κ3) is 3.13. The smallest absolute Gasteiger partial charge is 0.259 e. The highest BCUT2D eigenvalue weighted by molar-refractivity contribution is 5.97. The Balaban J connectivity index is 1.95. The van der Waals surface area contributed by atoms with Crippen LogP contribution in [0.5, 0.6) is 5.75 Å². The molecule has 0 unspecified atom stereocenters. The summed E-state index contributed by atoms with van der Waals surface area (Å²) in [5.74, 6) is 0.211. The van der Waals surface area contributed by atoms with Crippen molar-refractivity contribution in [2.75, 3.05) is 13.7 Å². The Morgan fingerprint density at radius 1 is 1.26 bits per heavy atom. The number of ether oxygens (including phenoxy) is 1. The van der Waals surface area contributed by atoms with Gasteiger partial charge in [-0.1, -0.05) is 30.3 Å². The molecule has 0 aliphatic carbocycles. The summed E-state index contributed by atoms with van der Waals surface area (Å²) in [5, 5.41) is 0. The quantitative estimate of drug-likeness (QED) is 0.948. The third-order valence-electron chi connectivity index (χ3n) is 4.28. The first kappa shape index (κ1) is 15.3. The Labute approximate surface area is 134 Å². The van der Waals surface area contributed by atoms with Gasteiger partial charge in [0, 0.05) is 18.8 Å². The number of carbonyl (C=O) groups excluding carboxylic acids is 1. The molecule has 5 nitrogen and oxygen atoms in total. The van der Waals surface area contributed by atoms with Crippen LogP contribution in [0.2, 0.25) is 0 Å². The fourth-order valence-corrected chi connectivity index (χ4v) is 3.14. The molecule has 3 rings (SSSR count). The topological polar surface area (TPSA) is 62.4 Å². The molecule has 2 heterocycles. The molecule has 1 atom stereocenters. The van der Waals surface area contributed by atoms with E-state index in [1.54, 1.807) is 0 Å². The van der Waals surface area contributed by atoms with Gasteiger partial charge in [0.2, 0.25) is 0 Å². The lowest BCUT2D eigenvalue weighted by Gasteiger charge is -2.36. The summed E-state index contributed by atoms with van der Waals surface area (Å²) >= 11 is 0. The van der Waals surface area contributed by atoms with Gasteiger partial charge in [0.1, 0.15) is 5.75 Å². The number of methoxy groups -OCH3 is 1. The fourth-order valence-electron chi connectivity index (χ4n) is 3.14. The number of hydrogen-bond donors (Lipinski definition) is 1. The highest BCUT2D eigenvalue weighted by Crippen LogP contribution is 2.33. The van der Waals surface area contributed by atoms with Crippen molar-refractivity contribution in [2.24, 2.45) is 0 Å². The lowest BCUT2D eigenvalue weighted by molar-refractivity contribution is 0.0607. The Hall–Kier alpha value is -2.56. The lowest BCUT2D eigenvalue weighted by atomic mass is 9.94. The summed E-state index contributed by atoms with van der Waals surface area (Å²) in [6.45, 7) is 0.709. The molecule has 0 bridgehead atoms. The van der Waals surface area contributed by atoms with Gasteiger partial charge in [0.25, 0.3) is 11.5 Å². The summed E-state index contributed by atoms with van der Waals surface area (Å²) in [7, 11) is 1.47. The van der Waals surface area contributed by atoms with Gasteiger partial charge >= 0.3 is 0 Å². The molecule has 1 fully saturated rings. The minimum atomic E-state index is -0.281. The zero-order valence-corrected chi connectivity index (χ0v) is 13.1. The Morgan fingerprint density at radius 2 is 2.04 bits per heavy atom. The van der Waals surface area contributed by atoms with Crippen LogP contribution >= 0.6 is 0 Å². The maximum Gasteiger partial charge on any atom is 0.259 e. The normalized spacial score (nSPS) is 17.8. The van der Waals surface area contributed by atoms with Crippen molar-refractivity contribution >= 4 is 5.91 Å². The van der Waals surface area contributed by atoms with E-state index >= 15 is 0 Å². The molecule has 5 heteroatoms. The predicted molar refractivity (Wildman–Crippen MR) is 87.7 cm³/mol. The van der Waals surface area contributed by atoms with E-state index in [0.29, 0.717) is 17.9 Å². The third-order valence-corrected chi connectivity index (χ3v) is 4.28. The van der Waals surface area contributed by atoms with Crippen LogP contribution in [0.4, 0.5) is 0 Å². The van der Waals surface area contributed by atoms with E-state index in [1.165, 1.54) is 19.4 Å². The van der Waals surface area contributed by atoms with Gasteiger partial charge in [-0.3, -0.25) is 9.59 Å². The van der Waals surface area contributed by atoms with Crippen LogP contribution in [0.25, 0.3) is 0 Å². The SMILES string of the molecule is COc1cc(=O)[nH]cc1C(=O)N1CCCC[C@H]1c1ccccc1. The molecule has 1 N–H and O–H groups in total. The summed E-state index contributed by atoms with van der Waals surface area (Å²) in [5.41, 5.74) is 1.26. The van der Waals surface area contributed by atoms with Crippen LogP contribution in [0.15, 0.2) is 47.4 Å². The summed E-state index contributed by atoms with van der Waals surface area (Å²) in [6.07, 6.45) is 4.48. The maximum absolute atomic E-state index is 13.0. The number of carbonyl (C=O) groups is 1. The molecule has 0 spiro atoms. The Morgan fingerprint density at radius 3 is 2.78 bits per heavy atom. The first-order valence-electron chi connectivity index (χ1n) is 7.83. The Bertz CT molecular complexity index is 739. The number of benzene rings is 1. The van der Waals surface area contributed by atoms with Gasteiger partial charge in [-0.15, -0.1) is 0 Å². The average Bonchev–Trinajstić information content (AvgIpc) is 2.61. The molecule has 1 aromatic heterocycles. The molecule has 0 saturated carbocycles. The van der Waals surface area contributed by atoms with Gasteiger partial charge in [-0.25, -0.2) is 0 Å². The van der Waals surface area contributed by atoms with E-state index in [4.69, 9.17) is 4.74 Å². The van der Waals surface area contributed by atoms with Gasteiger partial charge in [-0.05, 0) is 24.8 Å². The van der Waals surface area contributed by atoms with Crippen LogP contribution < -0.4 is 10.3 Å². The van der Waals surface area contributed by atoms with Crippen LogP contribution in [-0.4, -0.2) is 29.4 Å². The lowest BCUT2D eigenvalue weighted by Crippen LogP contribution is -2.38. The van der Waals surface area contributed by atoms with Gasteiger partial charge in [0.15, 0.2) is 0 Å². The standard InChI is InChI=1S/C18H20N2O3/c1-23-16-11-17(21)19-12-14(16)18(22)20-10-6-5-9-15(20)13-7-3-2-4-8-13/h2-4,7-8,11-12,15H,5-6,9-10H2,1H3,(H,19,21)/t15-/m0/s1. The molecule has 120 valence electrons. The molecular weight excluding hydrogens is 292 g/mol. The molecule has 1 amide bonds. The van der Waals surface area contributed by atoms with Gasteiger partial charge in [0.05, 0.1) is 18.7 Å². The van der Waals surface area contributed by atoms with Crippen LogP contribution in [0.1, 0.15) is 41.2 Å². The second kappa shape index (κ2) is 6.69. The highest BCUT2D eigenvalue weighted by Gasteiger charge is 2.30. The highest BCUT2D eigenvalue weighted by atomic mass is 16.5. The summed E-state index contributed by atoms with van der Waals surface area (Å²) in [6, 6.07) is 11.5. The number of nitrogens with one attached hydrogen (secondary N) is 1. The van der Waals surface area contributed by atoms with E-state index in [9.17, 15) is 9.59 Å². The average molecular weight is 312 g/mol. The number of aromatic amines is 1. The molecule has 23 heavy (non-hydrogen) atoms. The molecule has 2 aromatic rings. The molecule has 1 aliphatic rings. The van der Waals surface area contributed by atoms with Crippen molar-refractivity contribution in [3.05, 3.63) is 64.1 Å². The number of aromatic nitrogens is 1. The van der Waals surface area contributed by atoms with Crippen molar-refractivity contribution in [3.63, 3.8) is 0 Å². The van der Waals surface area contributed by atoms with E-state index in [1.807, 2.05) is 23.1 Å². The van der Waals surface area contributed by atoms with Gasteiger partial charge in [-0.2, -0.15) is 0 Å². The zero-order valence-electron chi connectivity index (χ0n) is 13.1. The number of likely N-dealkylation sites (tertiary alicyclic amines) is 1. The monoisotopic (exact) mass is 312 g/mol. The molecular formula is C18H20N2O3. The number of rotatable bonds is 3. The van der Waals surface area contributed by atoms with Crippen LogP contribution in [0, 0.1) is 0 Å². The molecule has 0 radical (unpaired) electrons. The van der Waals surface area contributed by atoms with Gasteiger partial charge < -0.3 is 14.6 Å². The van der Waals surface area contributed by atoms with Crippen molar-refractivity contribution < 1.29 is 9.53 Å². The second-order valence-electron chi connectivity index (χ2n) is 5.70.